The molecule has 1 saturated heterocycles. The van der Waals surface area contributed by atoms with Gasteiger partial charge in [-0.1, -0.05) is 18.2 Å². The zero-order valence-corrected chi connectivity index (χ0v) is 11.5. The SMILES string of the molecule is CC(=O)N1CCC[C@@H](C(=O)Nc2ccccc2C)C1. The van der Waals surface area contributed by atoms with Gasteiger partial charge in [-0.25, -0.2) is 0 Å². The van der Waals surface area contributed by atoms with E-state index in [1.54, 1.807) is 11.8 Å². The summed E-state index contributed by atoms with van der Waals surface area (Å²) in [7, 11) is 0. The van der Waals surface area contributed by atoms with E-state index in [0.29, 0.717) is 6.54 Å². The van der Waals surface area contributed by atoms with Crippen molar-refractivity contribution in [2.45, 2.75) is 26.7 Å². The second-order valence-electron chi connectivity index (χ2n) is 5.11. The molecule has 0 unspecified atom stereocenters. The van der Waals surface area contributed by atoms with E-state index in [4.69, 9.17) is 0 Å². The summed E-state index contributed by atoms with van der Waals surface area (Å²) in [6.07, 6.45) is 1.74. The Balaban J connectivity index is 2.00. The Kier molecular flexibility index (Phi) is 4.20. The number of hydrogen-bond donors (Lipinski definition) is 1. The summed E-state index contributed by atoms with van der Waals surface area (Å²) in [6.45, 7) is 4.83. The molecule has 1 atom stereocenters. The number of nitrogens with one attached hydrogen (secondary N) is 1. The Morgan fingerprint density at radius 2 is 2.05 bits per heavy atom. The van der Waals surface area contributed by atoms with E-state index in [9.17, 15) is 9.59 Å². The molecule has 4 nitrogen and oxygen atoms in total. The Hall–Kier alpha value is -1.84. The average Bonchev–Trinajstić information content (AvgIpc) is 2.41. The van der Waals surface area contributed by atoms with Gasteiger partial charge in [-0.3, -0.25) is 9.59 Å². The highest BCUT2D eigenvalue weighted by Crippen LogP contribution is 2.20. The van der Waals surface area contributed by atoms with Crippen LogP contribution in [0.15, 0.2) is 24.3 Å². The monoisotopic (exact) mass is 260 g/mol. The second kappa shape index (κ2) is 5.87. The number of amides is 2. The van der Waals surface area contributed by atoms with E-state index < -0.39 is 0 Å². The lowest BCUT2D eigenvalue weighted by Gasteiger charge is -2.31. The van der Waals surface area contributed by atoms with E-state index in [1.807, 2.05) is 31.2 Å². The van der Waals surface area contributed by atoms with Gasteiger partial charge in [0.1, 0.15) is 0 Å². The summed E-state index contributed by atoms with van der Waals surface area (Å²) in [6, 6.07) is 7.73. The molecule has 0 radical (unpaired) electrons. The molecule has 1 N–H and O–H groups in total. The third kappa shape index (κ3) is 3.34. The van der Waals surface area contributed by atoms with Gasteiger partial charge in [0.2, 0.25) is 11.8 Å². The van der Waals surface area contributed by atoms with Crippen molar-refractivity contribution in [1.29, 1.82) is 0 Å². The van der Waals surface area contributed by atoms with Gasteiger partial charge in [-0.2, -0.15) is 0 Å². The van der Waals surface area contributed by atoms with E-state index in [1.165, 1.54) is 0 Å². The Morgan fingerprint density at radius 1 is 1.32 bits per heavy atom. The average molecular weight is 260 g/mol. The number of benzene rings is 1. The van der Waals surface area contributed by atoms with Crippen LogP contribution in [0.2, 0.25) is 0 Å². The highest BCUT2D eigenvalue weighted by Gasteiger charge is 2.27. The number of piperidine rings is 1. The molecule has 0 bridgehead atoms. The van der Waals surface area contributed by atoms with Crippen molar-refractivity contribution >= 4 is 17.5 Å². The summed E-state index contributed by atoms with van der Waals surface area (Å²) in [5.41, 5.74) is 1.91. The molecular weight excluding hydrogens is 240 g/mol. The van der Waals surface area contributed by atoms with Crippen molar-refractivity contribution in [3.8, 4) is 0 Å². The highest BCUT2D eigenvalue weighted by molar-refractivity contribution is 5.93. The van der Waals surface area contributed by atoms with Crippen molar-refractivity contribution in [2.24, 2.45) is 5.92 Å². The zero-order valence-electron chi connectivity index (χ0n) is 11.5. The van der Waals surface area contributed by atoms with Crippen LogP contribution in [0.25, 0.3) is 0 Å². The smallest absolute Gasteiger partial charge is 0.229 e. The van der Waals surface area contributed by atoms with Gasteiger partial charge in [-0.05, 0) is 31.4 Å². The van der Waals surface area contributed by atoms with E-state index in [-0.39, 0.29) is 17.7 Å². The van der Waals surface area contributed by atoms with Crippen molar-refractivity contribution in [3.63, 3.8) is 0 Å². The normalized spacial score (nSPS) is 19.1. The number of aryl methyl sites for hydroxylation is 1. The Morgan fingerprint density at radius 3 is 2.74 bits per heavy atom. The molecule has 0 saturated carbocycles. The predicted octanol–water partition coefficient (Wildman–Crippen LogP) is 2.19. The fourth-order valence-corrected chi connectivity index (χ4v) is 2.43. The molecule has 1 aliphatic rings. The number of para-hydroxylation sites is 1. The molecule has 1 heterocycles. The van der Waals surface area contributed by atoms with Crippen LogP contribution >= 0.6 is 0 Å². The molecule has 1 aliphatic heterocycles. The van der Waals surface area contributed by atoms with Gasteiger partial charge in [0, 0.05) is 25.7 Å². The van der Waals surface area contributed by atoms with Crippen molar-refractivity contribution in [1.82, 2.24) is 4.90 Å². The fourth-order valence-electron chi connectivity index (χ4n) is 2.43. The summed E-state index contributed by atoms with van der Waals surface area (Å²) >= 11 is 0. The molecule has 1 aromatic rings. The minimum Gasteiger partial charge on any atom is -0.342 e. The first-order valence-corrected chi connectivity index (χ1v) is 6.70. The molecule has 19 heavy (non-hydrogen) atoms. The highest BCUT2D eigenvalue weighted by atomic mass is 16.2. The predicted molar refractivity (Wildman–Crippen MR) is 74.8 cm³/mol. The topological polar surface area (TPSA) is 49.4 Å². The molecule has 1 fully saturated rings. The van der Waals surface area contributed by atoms with Crippen LogP contribution < -0.4 is 5.32 Å². The van der Waals surface area contributed by atoms with Crippen molar-refractivity contribution in [2.75, 3.05) is 18.4 Å². The van der Waals surface area contributed by atoms with E-state index in [2.05, 4.69) is 5.32 Å². The molecule has 2 amide bonds. The minimum absolute atomic E-state index is 0.0141. The first-order valence-electron chi connectivity index (χ1n) is 6.70. The first kappa shape index (κ1) is 13.6. The molecule has 4 heteroatoms. The molecular formula is C15H20N2O2. The fraction of sp³-hybridized carbons (Fsp3) is 0.467. The van der Waals surface area contributed by atoms with Crippen LogP contribution in [0.1, 0.15) is 25.3 Å². The number of nitrogens with zero attached hydrogens (tertiary/aromatic N) is 1. The van der Waals surface area contributed by atoms with Gasteiger partial charge < -0.3 is 10.2 Å². The Labute approximate surface area is 113 Å². The van der Waals surface area contributed by atoms with Crippen LogP contribution in [0.3, 0.4) is 0 Å². The molecule has 102 valence electrons. The largest absolute Gasteiger partial charge is 0.342 e. The van der Waals surface area contributed by atoms with Crippen LogP contribution in [0.4, 0.5) is 5.69 Å². The first-order chi connectivity index (χ1) is 9.08. The number of carbonyl (C=O) groups is 2. The number of carbonyl (C=O) groups excluding carboxylic acids is 2. The van der Waals surface area contributed by atoms with Crippen LogP contribution in [0, 0.1) is 12.8 Å². The van der Waals surface area contributed by atoms with Gasteiger partial charge in [0.05, 0.1) is 5.92 Å². The molecule has 1 aromatic carbocycles. The summed E-state index contributed by atoms with van der Waals surface area (Å²) in [5, 5.41) is 2.96. The van der Waals surface area contributed by atoms with E-state index >= 15 is 0 Å². The lowest BCUT2D eigenvalue weighted by atomic mass is 9.97. The standard InChI is InChI=1S/C15H20N2O2/c1-11-6-3-4-8-14(11)16-15(19)13-7-5-9-17(10-13)12(2)18/h3-4,6,8,13H,5,7,9-10H2,1-2H3,(H,16,19)/t13-/m1/s1. The third-order valence-corrected chi connectivity index (χ3v) is 3.64. The second-order valence-corrected chi connectivity index (χ2v) is 5.11. The van der Waals surface area contributed by atoms with Gasteiger partial charge in [0.25, 0.3) is 0 Å². The maximum absolute atomic E-state index is 12.2. The summed E-state index contributed by atoms with van der Waals surface area (Å²) < 4.78 is 0. The maximum atomic E-state index is 12.2. The number of anilines is 1. The number of rotatable bonds is 2. The summed E-state index contributed by atoms with van der Waals surface area (Å²) in [4.78, 5) is 25.4. The third-order valence-electron chi connectivity index (χ3n) is 3.64. The molecule has 0 aromatic heterocycles. The quantitative estimate of drug-likeness (QED) is 0.886. The lowest BCUT2D eigenvalue weighted by molar-refractivity contribution is -0.132. The number of hydrogen-bond acceptors (Lipinski definition) is 2. The molecule has 2 rings (SSSR count). The van der Waals surface area contributed by atoms with Gasteiger partial charge in [0.15, 0.2) is 0 Å². The summed E-state index contributed by atoms with van der Waals surface area (Å²) in [5.74, 6) is -0.0362. The zero-order chi connectivity index (χ0) is 13.8. The molecule has 0 aliphatic carbocycles. The van der Waals surface area contributed by atoms with Gasteiger partial charge in [-0.15, -0.1) is 0 Å². The van der Waals surface area contributed by atoms with E-state index in [0.717, 1.165) is 30.6 Å². The van der Waals surface area contributed by atoms with Crippen LogP contribution in [-0.4, -0.2) is 29.8 Å². The Bertz CT molecular complexity index is 485. The van der Waals surface area contributed by atoms with Crippen molar-refractivity contribution < 1.29 is 9.59 Å². The lowest BCUT2D eigenvalue weighted by Crippen LogP contribution is -2.42. The van der Waals surface area contributed by atoms with Crippen molar-refractivity contribution in [3.05, 3.63) is 29.8 Å². The van der Waals surface area contributed by atoms with Crippen LogP contribution in [0.5, 0.6) is 0 Å². The maximum Gasteiger partial charge on any atom is 0.229 e. The molecule has 0 spiro atoms. The van der Waals surface area contributed by atoms with Crippen LogP contribution in [-0.2, 0) is 9.59 Å². The van der Waals surface area contributed by atoms with Gasteiger partial charge >= 0.3 is 0 Å². The number of likely N-dealkylation sites (tertiary alicyclic amines) is 1. The minimum atomic E-state index is -0.0998.